The molecule has 1 unspecified atom stereocenters. The molecule has 1 saturated heterocycles. The topological polar surface area (TPSA) is 99.3 Å². The second-order valence-corrected chi connectivity index (χ2v) is 6.88. The summed E-state index contributed by atoms with van der Waals surface area (Å²) in [6.45, 7) is 0.686. The molecule has 3 rings (SSSR count). The Hall–Kier alpha value is -3.40. The van der Waals surface area contributed by atoms with Crippen LogP contribution < -0.4 is 5.32 Å². The van der Waals surface area contributed by atoms with E-state index in [1.165, 1.54) is 23.8 Å². The van der Waals surface area contributed by atoms with Gasteiger partial charge >= 0.3 is 0 Å². The van der Waals surface area contributed by atoms with Gasteiger partial charge < -0.3 is 10.2 Å². The number of carbonyl (C=O) groups is 1. The highest BCUT2D eigenvalue weighted by atomic mass is 16.6. The van der Waals surface area contributed by atoms with Gasteiger partial charge in [0.15, 0.2) is 0 Å². The van der Waals surface area contributed by atoms with E-state index in [1.807, 2.05) is 29.2 Å². The number of nitrogens with one attached hydrogen (secondary N) is 1. The van der Waals surface area contributed by atoms with Crippen LogP contribution in [0, 0.1) is 21.4 Å². The third-order valence-electron chi connectivity index (χ3n) is 5.02. The molecular formula is C21H22N4O3. The maximum atomic E-state index is 12.8. The molecule has 2 aromatic carbocycles. The molecule has 28 heavy (non-hydrogen) atoms. The largest absolute Gasteiger partial charge is 0.371 e. The van der Waals surface area contributed by atoms with E-state index in [9.17, 15) is 14.9 Å². The van der Waals surface area contributed by atoms with Crippen molar-refractivity contribution in [3.8, 4) is 6.07 Å². The van der Waals surface area contributed by atoms with Crippen LogP contribution in [-0.2, 0) is 11.2 Å². The van der Waals surface area contributed by atoms with E-state index in [4.69, 9.17) is 5.26 Å². The lowest BCUT2D eigenvalue weighted by Gasteiger charge is -2.36. The van der Waals surface area contributed by atoms with Crippen LogP contribution in [0.3, 0.4) is 0 Å². The Morgan fingerprint density at radius 2 is 2.04 bits per heavy atom. The van der Waals surface area contributed by atoms with Crippen LogP contribution in [0.5, 0.6) is 0 Å². The first-order valence-corrected chi connectivity index (χ1v) is 9.34. The van der Waals surface area contributed by atoms with Crippen molar-refractivity contribution < 1.29 is 9.72 Å². The predicted octanol–water partition coefficient (Wildman–Crippen LogP) is 3.50. The second-order valence-electron chi connectivity index (χ2n) is 6.88. The quantitative estimate of drug-likeness (QED) is 0.612. The zero-order valence-electron chi connectivity index (χ0n) is 15.5. The number of likely N-dealkylation sites (tertiary alicyclic amines) is 1. The maximum absolute atomic E-state index is 12.8. The van der Waals surface area contributed by atoms with Gasteiger partial charge in [-0.25, -0.2) is 0 Å². The van der Waals surface area contributed by atoms with E-state index < -0.39 is 4.92 Å². The first-order chi connectivity index (χ1) is 13.6. The van der Waals surface area contributed by atoms with E-state index in [0.717, 1.165) is 25.7 Å². The fraction of sp³-hybridized carbons (Fsp3) is 0.333. The SMILES string of the molecule is N#Cc1ccc(NCC(=O)N2CCCCC2Cc2ccccc2)c([N+](=O)[O-])c1. The first-order valence-electron chi connectivity index (χ1n) is 9.34. The summed E-state index contributed by atoms with van der Waals surface area (Å²) in [7, 11) is 0. The Balaban J connectivity index is 1.68. The number of rotatable bonds is 6. The number of nitro groups is 1. The van der Waals surface area contributed by atoms with Crippen molar-refractivity contribution in [1.29, 1.82) is 5.26 Å². The first kappa shape index (κ1) is 19.4. The second kappa shape index (κ2) is 9.00. The van der Waals surface area contributed by atoms with E-state index >= 15 is 0 Å². The molecule has 144 valence electrons. The van der Waals surface area contributed by atoms with Gasteiger partial charge in [0.05, 0.1) is 23.1 Å². The third-order valence-corrected chi connectivity index (χ3v) is 5.02. The summed E-state index contributed by atoms with van der Waals surface area (Å²) in [5.74, 6) is -0.0701. The van der Waals surface area contributed by atoms with Crippen LogP contribution in [0.2, 0.25) is 0 Å². The monoisotopic (exact) mass is 378 g/mol. The van der Waals surface area contributed by atoms with Crippen molar-refractivity contribution in [2.75, 3.05) is 18.4 Å². The summed E-state index contributed by atoms with van der Waals surface area (Å²) in [4.78, 5) is 25.4. The lowest BCUT2D eigenvalue weighted by molar-refractivity contribution is -0.384. The minimum absolute atomic E-state index is 0.0158. The number of amides is 1. The van der Waals surface area contributed by atoms with Gasteiger partial charge in [0, 0.05) is 18.7 Å². The van der Waals surface area contributed by atoms with Crippen molar-refractivity contribution in [2.45, 2.75) is 31.7 Å². The van der Waals surface area contributed by atoms with E-state index in [-0.39, 0.29) is 35.4 Å². The summed E-state index contributed by atoms with van der Waals surface area (Å²) in [6, 6.07) is 16.3. The van der Waals surface area contributed by atoms with Gasteiger partial charge in [0.25, 0.3) is 5.69 Å². The molecule has 0 bridgehead atoms. The van der Waals surface area contributed by atoms with Crippen LogP contribution in [0.1, 0.15) is 30.4 Å². The number of hydrogen-bond donors (Lipinski definition) is 1. The number of hydrogen-bond acceptors (Lipinski definition) is 5. The fourth-order valence-corrected chi connectivity index (χ4v) is 3.60. The van der Waals surface area contributed by atoms with Gasteiger partial charge in [-0.3, -0.25) is 14.9 Å². The highest BCUT2D eigenvalue weighted by molar-refractivity contribution is 5.82. The van der Waals surface area contributed by atoms with Crippen molar-refractivity contribution >= 4 is 17.3 Å². The average Bonchev–Trinajstić information content (AvgIpc) is 2.73. The van der Waals surface area contributed by atoms with Gasteiger partial charge in [-0.1, -0.05) is 30.3 Å². The third kappa shape index (κ3) is 4.65. The fourth-order valence-electron chi connectivity index (χ4n) is 3.60. The number of piperidine rings is 1. The van der Waals surface area contributed by atoms with Crippen molar-refractivity contribution in [3.05, 3.63) is 69.8 Å². The molecule has 0 radical (unpaired) electrons. The zero-order chi connectivity index (χ0) is 19.9. The minimum atomic E-state index is -0.549. The molecule has 1 N–H and O–H groups in total. The number of nitrogens with zero attached hydrogens (tertiary/aromatic N) is 3. The molecule has 1 aliphatic rings. The molecule has 0 spiro atoms. The molecule has 2 aromatic rings. The Bertz CT molecular complexity index is 892. The summed E-state index contributed by atoms with van der Waals surface area (Å²) in [5.41, 5.74) is 1.45. The number of carbonyl (C=O) groups excluding carboxylic acids is 1. The average molecular weight is 378 g/mol. The number of nitriles is 1. The Morgan fingerprint density at radius 3 is 2.75 bits per heavy atom. The van der Waals surface area contributed by atoms with Crippen LogP contribution in [0.15, 0.2) is 48.5 Å². The zero-order valence-corrected chi connectivity index (χ0v) is 15.5. The maximum Gasteiger partial charge on any atom is 0.293 e. The summed E-state index contributed by atoms with van der Waals surface area (Å²) < 4.78 is 0. The number of nitro benzene ring substituents is 1. The lowest BCUT2D eigenvalue weighted by Crippen LogP contribution is -2.47. The molecule has 1 atom stereocenters. The molecular weight excluding hydrogens is 356 g/mol. The Kier molecular flexibility index (Phi) is 6.22. The van der Waals surface area contributed by atoms with E-state index in [2.05, 4.69) is 17.4 Å². The Labute approximate surface area is 163 Å². The molecule has 0 saturated carbocycles. The van der Waals surface area contributed by atoms with Gasteiger partial charge in [-0.2, -0.15) is 5.26 Å². The molecule has 1 amide bonds. The normalized spacial score (nSPS) is 16.2. The molecule has 7 nitrogen and oxygen atoms in total. The summed E-state index contributed by atoms with van der Waals surface area (Å²) in [5, 5.41) is 23.1. The van der Waals surface area contributed by atoms with Gasteiger partial charge in [0.1, 0.15) is 5.69 Å². The predicted molar refractivity (Wildman–Crippen MR) is 106 cm³/mol. The van der Waals surface area contributed by atoms with Crippen molar-refractivity contribution in [3.63, 3.8) is 0 Å². The van der Waals surface area contributed by atoms with Crippen molar-refractivity contribution in [2.24, 2.45) is 0 Å². The van der Waals surface area contributed by atoms with E-state index in [1.54, 1.807) is 0 Å². The summed E-state index contributed by atoms with van der Waals surface area (Å²) >= 11 is 0. The minimum Gasteiger partial charge on any atom is -0.371 e. The summed E-state index contributed by atoms with van der Waals surface area (Å²) in [6.07, 6.45) is 3.82. The molecule has 1 aliphatic heterocycles. The van der Waals surface area contributed by atoms with Crippen LogP contribution in [0.4, 0.5) is 11.4 Å². The number of benzene rings is 2. The van der Waals surface area contributed by atoms with Gasteiger partial charge in [-0.15, -0.1) is 0 Å². The highest BCUT2D eigenvalue weighted by Crippen LogP contribution is 2.26. The Morgan fingerprint density at radius 1 is 1.25 bits per heavy atom. The van der Waals surface area contributed by atoms with Crippen molar-refractivity contribution in [1.82, 2.24) is 4.90 Å². The lowest BCUT2D eigenvalue weighted by atomic mass is 9.95. The molecule has 1 heterocycles. The number of anilines is 1. The smallest absolute Gasteiger partial charge is 0.293 e. The van der Waals surface area contributed by atoms with E-state index in [0.29, 0.717) is 6.54 Å². The molecule has 1 fully saturated rings. The molecule has 0 aliphatic carbocycles. The standard InChI is InChI=1S/C21H22N4O3/c22-14-17-9-10-19(20(13-17)25(27)28)23-15-21(26)24-11-5-4-8-18(24)12-16-6-2-1-3-7-16/h1-3,6-7,9-10,13,18,23H,4-5,8,11-12,15H2. The van der Waals surface area contributed by atoms with Gasteiger partial charge in [0.2, 0.25) is 5.91 Å². The highest BCUT2D eigenvalue weighted by Gasteiger charge is 2.27. The van der Waals surface area contributed by atoms with Crippen LogP contribution in [0.25, 0.3) is 0 Å². The van der Waals surface area contributed by atoms with Crippen LogP contribution in [-0.4, -0.2) is 34.9 Å². The molecule has 7 heteroatoms. The van der Waals surface area contributed by atoms with Crippen LogP contribution >= 0.6 is 0 Å². The molecule has 0 aromatic heterocycles. The van der Waals surface area contributed by atoms with Gasteiger partial charge in [-0.05, 0) is 43.4 Å².